The Morgan fingerprint density at radius 1 is 0.729 bits per heavy atom. The van der Waals surface area contributed by atoms with Gasteiger partial charge in [-0.3, -0.25) is 4.79 Å². The first-order valence-electron chi connectivity index (χ1n) is 26.0. The van der Waals surface area contributed by atoms with E-state index < -0.39 is 34.1 Å². The maximum absolute atomic E-state index is 12.9. The van der Waals surface area contributed by atoms with E-state index in [4.69, 9.17) is 20.2 Å². The number of hydrogen-bond acceptors (Lipinski definition) is 5. The maximum Gasteiger partial charge on any atom is 0.314 e. The van der Waals surface area contributed by atoms with Crippen molar-refractivity contribution in [2.45, 2.75) is 156 Å². The average Bonchev–Trinajstić information content (AvgIpc) is 3.69. The van der Waals surface area contributed by atoms with E-state index in [-0.39, 0.29) is 39.7 Å². The normalized spacial score (nSPS) is 24.3. The van der Waals surface area contributed by atoms with Gasteiger partial charge in [-0.25, -0.2) is 0 Å². The van der Waals surface area contributed by atoms with E-state index in [9.17, 15) is 9.90 Å². The van der Waals surface area contributed by atoms with Gasteiger partial charge in [-0.05, 0) is 125 Å². The number of allylic oxidation sites excluding steroid dienone is 5. The molecule has 3 aliphatic rings. The van der Waals surface area contributed by atoms with Crippen LogP contribution in [0.4, 0.5) is 0 Å². The minimum Gasteiger partial charge on any atom is -0.462 e. The molecule has 0 saturated heterocycles. The molecule has 0 heterocycles. The topological polar surface area (TPSA) is 65.0 Å². The van der Waals surface area contributed by atoms with Crippen molar-refractivity contribution in [1.82, 2.24) is 0 Å². The molecule has 70 heavy (non-hydrogen) atoms. The number of ether oxygens (including phenoxy) is 1. The Balaban J connectivity index is 1.29. The highest BCUT2D eigenvalue weighted by atomic mass is 28.4. The molecule has 6 atom stereocenters. The minimum absolute atomic E-state index is 0.0223. The molecule has 7 rings (SSSR count). The highest BCUT2D eigenvalue weighted by molar-refractivity contribution is 7.00. The first-order chi connectivity index (χ1) is 33.1. The minimum atomic E-state index is -3.00. The summed E-state index contributed by atoms with van der Waals surface area (Å²) in [7, 11) is -5.95. The molecule has 372 valence electrons. The summed E-state index contributed by atoms with van der Waals surface area (Å²) in [5, 5.41) is 15.9. The number of carbonyl (C=O) groups is 1. The second-order valence-corrected chi connectivity index (χ2v) is 32.2. The van der Waals surface area contributed by atoms with Gasteiger partial charge in [-0.1, -0.05) is 218 Å². The Bertz CT molecular complexity index is 2450. The third-order valence-electron chi connectivity index (χ3n) is 16.2. The summed E-state index contributed by atoms with van der Waals surface area (Å²) < 4.78 is 21.6. The van der Waals surface area contributed by atoms with E-state index >= 15 is 0 Å². The van der Waals surface area contributed by atoms with E-state index in [0.717, 1.165) is 49.7 Å². The fraction of sp³-hybridized carbons (Fsp3) is 0.444. The number of aliphatic hydroxyl groups is 1. The zero-order valence-electron chi connectivity index (χ0n) is 44.3. The lowest BCUT2D eigenvalue weighted by molar-refractivity contribution is -0.162. The summed E-state index contributed by atoms with van der Waals surface area (Å²) in [6.07, 6.45) is 13.7. The summed E-state index contributed by atoms with van der Waals surface area (Å²) in [4.78, 5) is 12.9. The van der Waals surface area contributed by atoms with Crippen molar-refractivity contribution in [3.8, 4) is 0 Å². The van der Waals surface area contributed by atoms with Gasteiger partial charge in [-0.2, -0.15) is 0 Å². The third-order valence-corrected chi connectivity index (χ3v) is 26.4. The molecule has 0 spiro atoms. The maximum atomic E-state index is 12.9. The molecule has 3 aliphatic carbocycles. The highest BCUT2D eigenvalue weighted by Gasteiger charge is 2.55. The summed E-state index contributed by atoms with van der Waals surface area (Å²) in [6.45, 7) is 33.3. The van der Waals surface area contributed by atoms with Crippen LogP contribution in [0.5, 0.6) is 0 Å². The number of rotatable bonds is 15. The first-order valence-corrected chi connectivity index (χ1v) is 29.8. The summed E-state index contributed by atoms with van der Waals surface area (Å²) in [6, 6.07) is 44.0. The van der Waals surface area contributed by atoms with E-state index in [0.29, 0.717) is 12.3 Å². The van der Waals surface area contributed by atoms with Crippen molar-refractivity contribution in [3.05, 3.63) is 181 Å². The molecule has 0 aromatic heterocycles. The van der Waals surface area contributed by atoms with Crippen LogP contribution in [0.15, 0.2) is 181 Å². The molecule has 0 radical (unpaired) electrons. The van der Waals surface area contributed by atoms with Gasteiger partial charge in [0.05, 0.1) is 29.8 Å². The molecular weight excluding hydrogens is 893 g/mol. The highest BCUT2D eigenvalue weighted by Crippen LogP contribution is 2.59. The molecule has 0 bridgehead atoms. The van der Waals surface area contributed by atoms with Gasteiger partial charge >= 0.3 is 5.97 Å². The van der Waals surface area contributed by atoms with Gasteiger partial charge < -0.3 is 18.7 Å². The number of aliphatic hydroxyl groups excluding tert-OH is 1. The van der Waals surface area contributed by atoms with Crippen molar-refractivity contribution < 1.29 is 23.5 Å². The van der Waals surface area contributed by atoms with Crippen molar-refractivity contribution >= 4 is 43.4 Å². The molecule has 3 saturated carbocycles. The van der Waals surface area contributed by atoms with Crippen molar-refractivity contribution in [2.24, 2.45) is 22.7 Å². The SMILES string of the molecule is C=C1C(=CC=C2CCC[C@]3(C)[C@@H](C(=C)C=C[C@H](O)C(C)(C)C(=O)OC(C)C)CC[C@@H]23)C[C@@H](O[Si](c2ccccc2)(c2ccccc2)C(C)(C)C)C[C@@H]1O[Si](c1ccccc1)(c1ccccc1)C(C)(C)C. The van der Waals surface area contributed by atoms with Crippen LogP contribution < -0.4 is 20.7 Å². The fourth-order valence-corrected chi connectivity index (χ4v) is 21.8. The van der Waals surface area contributed by atoms with Crippen molar-refractivity contribution in [2.75, 3.05) is 0 Å². The molecule has 4 aromatic rings. The van der Waals surface area contributed by atoms with Gasteiger partial charge in [-0.15, -0.1) is 0 Å². The Hall–Kier alpha value is -4.64. The molecule has 1 N–H and O–H groups in total. The summed E-state index contributed by atoms with van der Waals surface area (Å²) in [5.74, 6) is 0.263. The van der Waals surface area contributed by atoms with Crippen LogP contribution in [0.1, 0.15) is 121 Å². The quantitative estimate of drug-likeness (QED) is 0.0730. The smallest absolute Gasteiger partial charge is 0.314 e. The first kappa shape index (κ1) is 53.2. The molecule has 7 heteroatoms. The molecular formula is C63H82O5Si2. The van der Waals surface area contributed by atoms with Gasteiger partial charge in [0.15, 0.2) is 0 Å². The molecule has 0 amide bonds. The number of benzene rings is 4. The zero-order chi connectivity index (χ0) is 50.7. The van der Waals surface area contributed by atoms with Gasteiger partial charge in [0, 0.05) is 6.42 Å². The number of esters is 1. The molecule has 0 aliphatic heterocycles. The van der Waals surface area contributed by atoms with Crippen molar-refractivity contribution in [1.29, 1.82) is 0 Å². The number of carbonyl (C=O) groups excluding carboxylic acids is 1. The standard InChI is InChI=1S/C63H82O5Si2/c1-45(2)66-59(65)62(11,12)58(64)41-36-46(3)55-39-40-56-48(27-26-42-63(55,56)13)37-38-49-43-50(67-69(60(5,6)7,51-28-18-14-19-29-51)52-30-20-15-21-31-52)44-57(47(49)4)68-70(61(8,9)10,53-32-22-16-23-33-53)54-34-24-17-25-35-54/h14-25,28-38,41,45,50,55-58,64H,3-4,26-27,39-40,42-44H2,1-2,5-13H3/t50-,55-,56+,57+,58+,63-/m1/s1. The van der Waals surface area contributed by atoms with Crippen LogP contribution in [0.2, 0.25) is 10.1 Å². The predicted molar refractivity (Wildman–Crippen MR) is 297 cm³/mol. The van der Waals surface area contributed by atoms with Gasteiger partial charge in [0.25, 0.3) is 16.6 Å². The lowest BCUT2D eigenvalue weighted by Crippen LogP contribution is -2.69. The van der Waals surface area contributed by atoms with Crippen LogP contribution in [-0.2, 0) is 18.4 Å². The molecule has 4 aromatic carbocycles. The Morgan fingerprint density at radius 3 is 1.66 bits per heavy atom. The second kappa shape index (κ2) is 21.2. The van der Waals surface area contributed by atoms with Crippen LogP contribution in [-0.4, -0.2) is 52.1 Å². The summed E-state index contributed by atoms with van der Waals surface area (Å²) >= 11 is 0. The Kier molecular flexibility index (Phi) is 16.1. The van der Waals surface area contributed by atoms with Crippen molar-refractivity contribution in [3.63, 3.8) is 0 Å². The number of fused-ring (bicyclic) bond motifs is 1. The lowest BCUT2D eigenvalue weighted by atomic mass is 9.62. The van der Waals surface area contributed by atoms with Crippen LogP contribution >= 0.6 is 0 Å². The predicted octanol–water partition coefficient (Wildman–Crippen LogP) is 12.7. The van der Waals surface area contributed by atoms with E-state index in [1.165, 1.54) is 31.9 Å². The van der Waals surface area contributed by atoms with E-state index in [1.54, 1.807) is 19.9 Å². The zero-order valence-corrected chi connectivity index (χ0v) is 46.3. The van der Waals surface area contributed by atoms with Gasteiger partial charge in [0.2, 0.25) is 0 Å². The monoisotopic (exact) mass is 975 g/mol. The molecule has 3 fully saturated rings. The lowest BCUT2D eigenvalue weighted by Gasteiger charge is -2.49. The molecule has 0 unspecified atom stereocenters. The summed E-state index contributed by atoms with van der Waals surface area (Å²) in [5.41, 5.74) is 3.70. The molecule has 5 nitrogen and oxygen atoms in total. The average molecular weight is 976 g/mol. The Morgan fingerprint density at radius 2 is 1.20 bits per heavy atom. The fourth-order valence-electron chi connectivity index (χ4n) is 12.4. The van der Waals surface area contributed by atoms with Crippen LogP contribution in [0.25, 0.3) is 0 Å². The van der Waals surface area contributed by atoms with E-state index in [2.05, 4.69) is 189 Å². The van der Waals surface area contributed by atoms with Gasteiger partial charge in [0.1, 0.15) is 0 Å². The largest absolute Gasteiger partial charge is 0.462 e. The van der Waals surface area contributed by atoms with Crippen LogP contribution in [0.3, 0.4) is 0 Å². The second-order valence-electron chi connectivity index (χ2n) is 23.7. The number of hydrogen-bond donors (Lipinski definition) is 1. The van der Waals surface area contributed by atoms with Crippen LogP contribution in [0, 0.1) is 22.7 Å². The Labute approximate surface area is 424 Å². The van der Waals surface area contributed by atoms with E-state index in [1.807, 2.05) is 19.9 Å². The third kappa shape index (κ3) is 10.5.